The molecule has 0 aliphatic rings. The molecule has 0 fully saturated rings. The number of aryl methyl sites for hydroxylation is 1. The van der Waals surface area contributed by atoms with E-state index in [9.17, 15) is 0 Å². The van der Waals surface area contributed by atoms with Crippen molar-refractivity contribution in [2.75, 3.05) is 13.2 Å². The molecule has 0 amide bonds. The van der Waals surface area contributed by atoms with Crippen molar-refractivity contribution in [3.8, 4) is 0 Å². The average molecular weight is 350 g/mol. The number of tetrazole rings is 3. The third-order valence-corrected chi connectivity index (χ3v) is 3.20. The van der Waals surface area contributed by atoms with E-state index in [2.05, 4.69) is 46.2 Å². The summed E-state index contributed by atoms with van der Waals surface area (Å²) in [6.45, 7) is 2.81. The fourth-order valence-electron chi connectivity index (χ4n) is 2.12. The van der Waals surface area contributed by atoms with Crippen LogP contribution < -0.4 is 0 Å². The highest BCUT2D eigenvalue weighted by molar-refractivity contribution is 5.18. The monoisotopic (exact) mass is 350 g/mol. The number of aliphatic hydroxyl groups excluding tert-OH is 2. The molecule has 14 heteroatoms. The van der Waals surface area contributed by atoms with Gasteiger partial charge in [0.2, 0.25) is 0 Å². The largest absolute Gasteiger partial charge is 0.394 e. The highest BCUT2D eigenvalue weighted by Crippen LogP contribution is 2.22. The van der Waals surface area contributed by atoms with Crippen LogP contribution in [0, 0.1) is 0 Å². The maximum absolute atomic E-state index is 9.00. The lowest BCUT2D eigenvalue weighted by Gasteiger charge is -2.03. The van der Waals surface area contributed by atoms with Gasteiger partial charge < -0.3 is 10.2 Å². The minimum Gasteiger partial charge on any atom is -0.394 e. The molecule has 3 aromatic rings. The molecule has 0 aromatic carbocycles. The van der Waals surface area contributed by atoms with E-state index in [0.29, 0.717) is 12.4 Å². The summed E-state index contributed by atoms with van der Waals surface area (Å²) >= 11 is 0. The highest BCUT2D eigenvalue weighted by atomic mass is 16.3. The van der Waals surface area contributed by atoms with Crippen molar-refractivity contribution in [3.63, 3.8) is 0 Å². The van der Waals surface area contributed by atoms with Gasteiger partial charge >= 0.3 is 0 Å². The molecule has 2 N–H and O–H groups in total. The van der Waals surface area contributed by atoms with Crippen LogP contribution in [0.1, 0.15) is 36.7 Å². The Bertz CT molecular complexity index is 689. The van der Waals surface area contributed by atoms with Crippen LogP contribution in [0.5, 0.6) is 0 Å². The summed E-state index contributed by atoms with van der Waals surface area (Å²) in [6, 6.07) is 0. The number of rotatable bonds is 9. The second kappa shape index (κ2) is 7.80. The summed E-state index contributed by atoms with van der Waals surface area (Å²) < 4.78 is 0. The summed E-state index contributed by atoms with van der Waals surface area (Å²) in [4.78, 5) is 3.99. The topological polar surface area (TPSA) is 171 Å². The first-order valence-electron chi connectivity index (χ1n) is 7.80. The van der Waals surface area contributed by atoms with Gasteiger partial charge in [-0.05, 0) is 22.1 Å². The molecule has 0 saturated heterocycles. The molecule has 25 heavy (non-hydrogen) atoms. The number of hydrogen-bond acceptors (Lipinski definition) is 11. The summed E-state index contributed by atoms with van der Waals surface area (Å²) in [5.74, 6) is 0.159. The van der Waals surface area contributed by atoms with E-state index in [-0.39, 0.29) is 38.0 Å². The summed E-state index contributed by atoms with van der Waals surface area (Å²) in [7, 11) is 0. The van der Waals surface area contributed by atoms with Gasteiger partial charge in [-0.25, -0.2) is 0 Å². The number of aliphatic hydroxyl groups is 2. The Morgan fingerprint density at radius 2 is 1.12 bits per heavy atom. The lowest BCUT2D eigenvalue weighted by molar-refractivity contribution is 0.259. The molecule has 3 heterocycles. The van der Waals surface area contributed by atoms with E-state index in [1.54, 1.807) is 0 Å². The minimum atomic E-state index is -0.703. The Kier molecular flexibility index (Phi) is 5.30. The van der Waals surface area contributed by atoms with Gasteiger partial charge in [0, 0.05) is 0 Å². The molecule has 0 saturated carbocycles. The van der Waals surface area contributed by atoms with Gasteiger partial charge in [0.05, 0.1) is 32.8 Å². The SMILES string of the molecule is CCCn1nnc(C(c2nnn(CCO)n2)c2nnn(CCO)n2)n1. The van der Waals surface area contributed by atoms with E-state index in [1.807, 2.05) is 6.92 Å². The number of hydrogen-bond donors (Lipinski definition) is 2. The third kappa shape index (κ3) is 3.80. The lowest BCUT2D eigenvalue weighted by Crippen LogP contribution is -2.13. The lowest BCUT2D eigenvalue weighted by atomic mass is 10.1. The maximum atomic E-state index is 9.00. The van der Waals surface area contributed by atoms with Crippen LogP contribution in [0.4, 0.5) is 0 Å². The molecule has 0 aliphatic carbocycles. The van der Waals surface area contributed by atoms with E-state index in [0.717, 1.165) is 6.42 Å². The van der Waals surface area contributed by atoms with Gasteiger partial charge in [0.1, 0.15) is 0 Å². The van der Waals surface area contributed by atoms with E-state index in [1.165, 1.54) is 14.4 Å². The molecule has 14 nitrogen and oxygen atoms in total. The van der Waals surface area contributed by atoms with Gasteiger partial charge in [0.25, 0.3) is 0 Å². The first-order chi connectivity index (χ1) is 12.2. The van der Waals surface area contributed by atoms with Crippen molar-refractivity contribution < 1.29 is 10.2 Å². The molecular weight excluding hydrogens is 332 g/mol. The van der Waals surface area contributed by atoms with Crippen LogP contribution >= 0.6 is 0 Å². The zero-order valence-electron chi connectivity index (χ0n) is 13.6. The van der Waals surface area contributed by atoms with Crippen LogP contribution in [0.2, 0.25) is 0 Å². The normalized spacial score (nSPS) is 11.5. The number of aromatic nitrogens is 12. The summed E-state index contributed by atoms with van der Waals surface area (Å²) in [5, 5.41) is 54.5. The van der Waals surface area contributed by atoms with Crippen molar-refractivity contribution in [1.29, 1.82) is 0 Å². The summed E-state index contributed by atoms with van der Waals surface area (Å²) in [6.07, 6.45) is 0.857. The van der Waals surface area contributed by atoms with Gasteiger partial charge in [0.15, 0.2) is 23.4 Å². The maximum Gasteiger partial charge on any atom is 0.193 e. The first-order valence-corrected chi connectivity index (χ1v) is 7.80. The smallest absolute Gasteiger partial charge is 0.193 e. The van der Waals surface area contributed by atoms with Crippen molar-refractivity contribution in [2.45, 2.75) is 38.9 Å². The van der Waals surface area contributed by atoms with Crippen molar-refractivity contribution in [1.82, 2.24) is 60.6 Å². The van der Waals surface area contributed by atoms with Crippen molar-refractivity contribution in [3.05, 3.63) is 17.5 Å². The minimum absolute atomic E-state index is 0.115. The molecule has 3 rings (SSSR count). The fourth-order valence-corrected chi connectivity index (χ4v) is 2.12. The van der Waals surface area contributed by atoms with Gasteiger partial charge in [-0.1, -0.05) is 6.92 Å². The molecule has 0 spiro atoms. The molecular formula is C11H18N12O2. The van der Waals surface area contributed by atoms with Gasteiger partial charge in [-0.15, -0.1) is 30.6 Å². The standard InChI is InChI=1S/C11H18N12O2/c1-2-3-21-15-9(12-18-21)8(10-13-19-22(16-10)4-6-24)11-14-20-23(17-11)5-7-25/h8,24-25H,2-7H2,1H3. The predicted octanol–water partition coefficient (Wildman–Crippen LogP) is -2.78. The number of nitrogens with zero attached hydrogens (tertiary/aromatic N) is 12. The van der Waals surface area contributed by atoms with Crippen LogP contribution in [0.25, 0.3) is 0 Å². The van der Waals surface area contributed by atoms with E-state index >= 15 is 0 Å². The predicted molar refractivity (Wildman–Crippen MR) is 78.9 cm³/mol. The third-order valence-electron chi connectivity index (χ3n) is 3.20. The Morgan fingerprint density at radius 3 is 1.48 bits per heavy atom. The second-order valence-electron chi connectivity index (χ2n) is 5.11. The Labute approximate surface area is 141 Å². The fraction of sp³-hybridized carbons (Fsp3) is 0.727. The van der Waals surface area contributed by atoms with Crippen LogP contribution in [-0.4, -0.2) is 84.0 Å². The molecule has 0 radical (unpaired) electrons. The van der Waals surface area contributed by atoms with Crippen molar-refractivity contribution in [2.24, 2.45) is 0 Å². The quantitative estimate of drug-likeness (QED) is 0.409. The molecule has 0 bridgehead atoms. The van der Waals surface area contributed by atoms with Crippen LogP contribution in [0.3, 0.4) is 0 Å². The Hall–Kier alpha value is -2.87. The molecule has 3 aromatic heterocycles. The Morgan fingerprint density at radius 1 is 0.720 bits per heavy atom. The first kappa shape index (κ1) is 17.0. The zero-order chi connectivity index (χ0) is 17.6. The molecule has 0 aliphatic heterocycles. The summed E-state index contributed by atoms with van der Waals surface area (Å²) in [5.41, 5.74) is 0. The second-order valence-corrected chi connectivity index (χ2v) is 5.11. The Balaban J connectivity index is 1.96. The molecule has 134 valence electrons. The van der Waals surface area contributed by atoms with Crippen LogP contribution in [0.15, 0.2) is 0 Å². The zero-order valence-corrected chi connectivity index (χ0v) is 13.6. The highest BCUT2D eigenvalue weighted by Gasteiger charge is 2.31. The molecule has 0 atom stereocenters. The van der Waals surface area contributed by atoms with Gasteiger partial charge in [-0.2, -0.15) is 14.4 Å². The van der Waals surface area contributed by atoms with Crippen LogP contribution in [-0.2, 0) is 19.6 Å². The average Bonchev–Trinajstić information content (AvgIpc) is 3.32. The van der Waals surface area contributed by atoms with Crippen molar-refractivity contribution >= 4 is 0 Å². The molecule has 0 unspecified atom stereocenters. The van der Waals surface area contributed by atoms with E-state index in [4.69, 9.17) is 10.2 Å². The van der Waals surface area contributed by atoms with E-state index < -0.39 is 5.92 Å². The van der Waals surface area contributed by atoms with Gasteiger partial charge in [-0.3, -0.25) is 0 Å².